The number of hydrogen-bond acceptors (Lipinski definition) is 4. The van der Waals surface area contributed by atoms with Crippen molar-refractivity contribution in [3.63, 3.8) is 0 Å². The van der Waals surface area contributed by atoms with Crippen LogP contribution >= 0.6 is 11.6 Å². The summed E-state index contributed by atoms with van der Waals surface area (Å²) in [5.74, 6) is 1.74. The van der Waals surface area contributed by atoms with E-state index in [-0.39, 0.29) is 0 Å². The topological polar surface area (TPSA) is 49.8 Å². The van der Waals surface area contributed by atoms with Gasteiger partial charge in [-0.1, -0.05) is 48.0 Å². The Morgan fingerprint density at radius 2 is 1.81 bits per heavy atom. The third-order valence-electron chi connectivity index (χ3n) is 4.52. The lowest BCUT2D eigenvalue weighted by molar-refractivity contribution is 0.708. The minimum absolute atomic E-state index is 0.710. The van der Waals surface area contributed by atoms with E-state index in [0.29, 0.717) is 5.02 Å². The molecule has 0 aliphatic carbocycles. The van der Waals surface area contributed by atoms with E-state index >= 15 is 0 Å². The van der Waals surface area contributed by atoms with Crippen LogP contribution in [0.2, 0.25) is 5.02 Å². The van der Waals surface area contributed by atoms with Gasteiger partial charge in [0.1, 0.15) is 11.6 Å². The Morgan fingerprint density at radius 1 is 0.962 bits per heavy atom. The Bertz CT molecular complexity index is 896. The number of benzene rings is 2. The molecule has 0 saturated heterocycles. The zero-order valence-electron chi connectivity index (χ0n) is 14.5. The maximum Gasteiger partial charge on any atom is 0.137 e. The first-order valence-electron chi connectivity index (χ1n) is 8.94. The Labute approximate surface area is 158 Å². The van der Waals surface area contributed by atoms with Crippen molar-refractivity contribution in [1.29, 1.82) is 0 Å². The van der Waals surface area contributed by atoms with E-state index < -0.39 is 0 Å². The Hall–Kier alpha value is -2.43. The van der Waals surface area contributed by atoms with Crippen LogP contribution in [0.3, 0.4) is 0 Å². The highest BCUT2D eigenvalue weighted by Gasteiger charge is 2.17. The highest BCUT2D eigenvalue weighted by Crippen LogP contribution is 2.25. The van der Waals surface area contributed by atoms with Crippen LogP contribution in [0, 0.1) is 0 Å². The minimum Gasteiger partial charge on any atom is -0.340 e. The number of nitrogens with one attached hydrogen (secondary N) is 2. The first-order valence-corrected chi connectivity index (χ1v) is 9.31. The second-order valence-corrected chi connectivity index (χ2v) is 6.90. The van der Waals surface area contributed by atoms with Crippen LogP contribution in [-0.4, -0.2) is 23.1 Å². The fraction of sp³-hybridized carbons (Fsp3) is 0.238. The van der Waals surface area contributed by atoms with E-state index in [2.05, 4.69) is 22.8 Å². The molecule has 0 unspecified atom stereocenters. The lowest BCUT2D eigenvalue weighted by atomic mass is 10.1. The van der Waals surface area contributed by atoms with Crippen molar-refractivity contribution in [2.45, 2.75) is 19.3 Å². The van der Waals surface area contributed by atoms with Gasteiger partial charge >= 0.3 is 0 Å². The average Bonchev–Trinajstić information content (AvgIpc) is 2.88. The second-order valence-electron chi connectivity index (χ2n) is 6.46. The molecule has 1 aromatic heterocycles. The first kappa shape index (κ1) is 17.0. The zero-order chi connectivity index (χ0) is 17.8. The summed E-state index contributed by atoms with van der Waals surface area (Å²) in [4.78, 5) is 9.73. The highest BCUT2D eigenvalue weighted by atomic mass is 35.5. The Balaban J connectivity index is 1.71. The van der Waals surface area contributed by atoms with Gasteiger partial charge in [0.15, 0.2) is 0 Å². The van der Waals surface area contributed by atoms with Gasteiger partial charge in [-0.15, -0.1) is 0 Å². The number of fused-ring (bicyclic) bond motifs is 1. The predicted molar refractivity (Wildman–Crippen MR) is 106 cm³/mol. The van der Waals surface area contributed by atoms with Gasteiger partial charge in [-0.2, -0.15) is 0 Å². The quantitative estimate of drug-likeness (QED) is 0.730. The molecule has 132 valence electrons. The summed E-state index contributed by atoms with van der Waals surface area (Å²) in [5.41, 5.74) is 4.50. The smallest absolute Gasteiger partial charge is 0.137 e. The van der Waals surface area contributed by atoms with Gasteiger partial charge in [-0.25, -0.2) is 9.97 Å². The van der Waals surface area contributed by atoms with Gasteiger partial charge in [-0.3, -0.25) is 0 Å². The van der Waals surface area contributed by atoms with Gasteiger partial charge in [-0.05, 0) is 36.7 Å². The fourth-order valence-corrected chi connectivity index (χ4v) is 3.45. The number of halogens is 1. The highest BCUT2D eigenvalue weighted by molar-refractivity contribution is 6.30. The molecule has 2 N–H and O–H groups in total. The molecule has 2 aromatic carbocycles. The van der Waals surface area contributed by atoms with Crippen molar-refractivity contribution >= 4 is 23.1 Å². The third kappa shape index (κ3) is 4.03. The van der Waals surface area contributed by atoms with Crippen molar-refractivity contribution in [1.82, 2.24) is 15.3 Å². The molecule has 5 heteroatoms. The Kier molecular flexibility index (Phi) is 5.14. The standard InChI is InChI=1S/C21H21ClN4/c22-16-7-4-8-17(14-16)24-21-18-9-11-23-12-10-19(18)25-20(26-21)13-15-5-2-1-3-6-15/h1-8,14,23H,9-13H2,(H,24,25,26). The van der Waals surface area contributed by atoms with Crippen LogP contribution in [0.4, 0.5) is 11.5 Å². The molecular formula is C21H21ClN4. The molecule has 0 atom stereocenters. The van der Waals surface area contributed by atoms with E-state index in [0.717, 1.165) is 55.4 Å². The summed E-state index contributed by atoms with van der Waals surface area (Å²) in [6.07, 6.45) is 2.57. The molecule has 1 aliphatic rings. The summed E-state index contributed by atoms with van der Waals surface area (Å²) in [5, 5.41) is 7.62. The van der Waals surface area contributed by atoms with Crippen molar-refractivity contribution in [3.05, 3.63) is 82.3 Å². The normalized spacial score (nSPS) is 13.7. The first-order chi connectivity index (χ1) is 12.8. The fourth-order valence-electron chi connectivity index (χ4n) is 3.26. The monoisotopic (exact) mass is 364 g/mol. The second kappa shape index (κ2) is 7.85. The van der Waals surface area contributed by atoms with Gasteiger partial charge in [0.2, 0.25) is 0 Å². The van der Waals surface area contributed by atoms with E-state index in [4.69, 9.17) is 21.6 Å². The molecule has 0 bridgehead atoms. The maximum absolute atomic E-state index is 6.14. The van der Waals surface area contributed by atoms with Gasteiger partial charge in [0.05, 0.1) is 5.69 Å². The van der Waals surface area contributed by atoms with Crippen LogP contribution in [-0.2, 0) is 19.3 Å². The van der Waals surface area contributed by atoms with Crippen molar-refractivity contribution in [3.8, 4) is 0 Å². The minimum atomic E-state index is 0.710. The Morgan fingerprint density at radius 3 is 2.65 bits per heavy atom. The maximum atomic E-state index is 6.14. The summed E-state index contributed by atoms with van der Waals surface area (Å²) in [7, 11) is 0. The SMILES string of the molecule is Clc1cccc(Nc2nc(Cc3ccccc3)nc3c2CCNCC3)c1. The van der Waals surface area contributed by atoms with Crippen molar-refractivity contribution in [2.24, 2.45) is 0 Å². The molecule has 0 fully saturated rings. The average molecular weight is 365 g/mol. The van der Waals surface area contributed by atoms with E-state index in [1.807, 2.05) is 42.5 Å². The largest absolute Gasteiger partial charge is 0.340 e. The lowest BCUT2D eigenvalue weighted by Gasteiger charge is -2.15. The molecule has 0 spiro atoms. The zero-order valence-corrected chi connectivity index (χ0v) is 15.3. The van der Waals surface area contributed by atoms with Gasteiger partial charge < -0.3 is 10.6 Å². The molecule has 2 heterocycles. The van der Waals surface area contributed by atoms with E-state index in [9.17, 15) is 0 Å². The van der Waals surface area contributed by atoms with Crippen LogP contribution < -0.4 is 10.6 Å². The number of hydrogen-bond donors (Lipinski definition) is 2. The lowest BCUT2D eigenvalue weighted by Crippen LogP contribution is -2.16. The van der Waals surface area contributed by atoms with Gasteiger partial charge in [0, 0.05) is 35.7 Å². The molecule has 0 radical (unpaired) electrons. The van der Waals surface area contributed by atoms with E-state index in [1.165, 1.54) is 11.1 Å². The molecule has 4 nitrogen and oxygen atoms in total. The summed E-state index contributed by atoms with van der Waals surface area (Å²) in [6, 6.07) is 18.1. The van der Waals surface area contributed by atoms with Crippen LogP contribution in [0.5, 0.6) is 0 Å². The summed E-state index contributed by atoms with van der Waals surface area (Å²) in [6.45, 7) is 1.89. The van der Waals surface area contributed by atoms with Crippen LogP contribution in [0.1, 0.15) is 22.6 Å². The van der Waals surface area contributed by atoms with E-state index in [1.54, 1.807) is 0 Å². The number of aromatic nitrogens is 2. The van der Waals surface area contributed by atoms with Crippen LogP contribution in [0.25, 0.3) is 0 Å². The van der Waals surface area contributed by atoms with Crippen LogP contribution in [0.15, 0.2) is 54.6 Å². The molecule has 0 saturated carbocycles. The molecule has 3 aromatic rings. The number of rotatable bonds is 4. The molecule has 1 aliphatic heterocycles. The number of nitrogens with zero attached hydrogens (tertiary/aromatic N) is 2. The van der Waals surface area contributed by atoms with Crippen molar-refractivity contribution in [2.75, 3.05) is 18.4 Å². The molecule has 0 amide bonds. The summed E-state index contributed by atoms with van der Waals surface area (Å²) >= 11 is 6.14. The molecule has 26 heavy (non-hydrogen) atoms. The predicted octanol–water partition coefficient (Wildman–Crippen LogP) is 4.15. The molecular weight excluding hydrogens is 344 g/mol. The van der Waals surface area contributed by atoms with Crippen molar-refractivity contribution < 1.29 is 0 Å². The summed E-state index contributed by atoms with van der Waals surface area (Å²) < 4.78 is 0. The van der Waals surface area contributed by atoms with Gasteiger partial charge in [0.25, 0.3) is 0 Å². The number of anilines is 2. The third-order valence-corrected chi connectivity index (χ3v) is 4.76. The molecule has 4 rings (SSSR count).